The zero-order valence-corrected chi connectivity index (χ0v) is 12.4. The van der Waals surface area contributed by atoms with Crippen LogP contribution in [0.5, 0.6) is 17.2 Å². The predicted molar refractivity (Wildman–Crippen MR) is 82.1 cm³/mol. The Morgan fingerprint density at radius 3 is 2.75 bits per heavy atom. The Kier molecular flexibility index (Phi) is 4.16. The van der Waals surface area contributed by atoms with Crippen LogP contribution >= 0.6 is 11.8 Å². The minimum Gasteiger partial charge on any atom is -0.493 e. The molecule has 0 fully saturated rings. The molecule has 3 rings (SSSR count). The summed E-state index contributed by atoms with van der Waals surface area (Å²) in [4.78, 5) is 2.31. The Hall–Kier alpha value is -1.61. The van der Waals surface area contributed by atoms with Gasteiger partial charge < -0.3 is 9.47 Å². The Balaban J connectivity index is 1.71. The molecule has 0 saturated heterocycles. The van der Waals surface area contributed by atoms with E-state index < -0.39 is 0 Å². The van der Waals surface area contributed by atoms with Gasteiger partial charge in [-0.1, -0.05) is 43.7 Å². The third kappa shape index (κ3) is 2.93. The number of ether oxygens (including phenoxy) is 2. The molecule has 0 saturated carbocycles. The molecule has 1 aliphatic heterocycles. The van der Waals surface area contributed by atoms with Gasteiger partial charge in [0.25, 0.3) is 0 Å². The van der Waals surface area contributed by atoms with Crippen LogP contribution in [0.25, 0.3) is 0 Å². The highest BCUT2D eigenvalue weighted by Crippen LogP contribution is 2.47. The maximum atomic E-state index is 5.94. The van der Waals surface area contributed by atoms with Crippen LogP contribution in [0, 0.1) is 0 Å². The molecule has 0 N–H and O–H groups in total. The van der Waals surface area contributed by atoms with E-state index in [0.29, 0.717) is 0 Å². The average Bonchev–Trinajstić information content (AvgIpc) is 2.49. The summed E-state index contributed by atoms with van der Waals surface area (Å²) in [6.45, 7) is 2.97. The van der Waals surface area contributed by atoms with Crippen LogP contribution in [-0.2, 0) is 0 Å². The summed E-state index contributed by atoms with van der Waals surface area (Å²) in [5.74, 6) is 2.70. The van der Waals surface area contributed by atoms with Gasteiger partial charge in [-0.15, -0.1) is 0 Å². The molecule has 2 aromatic rings. The second-order valence-electron chi connectivity index (χ2n) is 4.81. The normalized spacial score (nSPS) is 12.2. The fraction of sp³-hybridized carbons (Fsp3) is 0.294. The molecular weight excluding hydrogens is 268 g/mol. The molecule has 2 nitrogen and oxygen atoms in total. The largest absolute Gasteiger partial charge is 0.493 e. The molecule has 2 aromatic carbocycles. The topological polar surface area (TPSA) is 18.5 Å². The lowest BCUT2D eigenvalue weighted by Gasteiger charge is -2.20. The van der Waals surface area contributed by atoms with Crippen molar-refractivity contribution in [3.63, 3.8) is 0 Å². The van der Waals surface area contributed by atoms with E-state index in [9.17, 15) is 0 Å². The summed E-state index contributed by atoms with van der Waals surface area (Å²) in [6, 6.07) is 14.2. The van der Waals surface area contributed by atoms with Crippen molar-refractivity contribution >= 4 is 11.8 Å². The molecule has 0 radical (unpaired) electrons. The maximum absolute atomic E-state index is 5.94. The molecule has 104 valence electrons. The number of para-hydroxylation sites is 1. The Bertz CT molecular complexity index is 595. The number of fused-ring (bicyclic) bond motifs is 2. The first-order valence-corrected chi connectivity index (χ1v) is 7.90. The van der Waals surface area contributed by atoms with Gasteiger partial charge in [-0.25, -0.2) is 0 Å². The molecule has 0 unspecified atom stereocenters. The first-order valence-electron chi connectivity index (χ1n) is 7.08. The zero-order chi connectivity index (χ0) is 13.8. The third-order valence-electron chi connectivity index (χ3n) is 3.22. The van der Waals surface area contributed by atoms with Crippen molar-refractivity contribution in [3.05, 3.63) is 42.5 Å². The van der Waals surface area contributed by atoms with Crippen LogP contribution in [0.2, 0.25) is 0 Å². The lowest BCUT2D eigenvalue weighted by Crippen LogP contribution is -1.99. The molecule has 0 bridgehead atoms. The van der Waals surface area contributed by atoms with E-state index >= 15 is 0 Å². The van der Waals surface area contributed by atoms with E-state index in [2.05, 4.69) is 19.1 Å². The van der Waals surface area contributed by atoms with E-state index in [1.807, 2.05) is 30.3 Å². The second kappa shape index (κ2) is 6.23. The summed E-state index contributed by atoms with van der Waals surface area (Å²) in [7, 11) is 0. The molecule has 0 aromatic heterocycles. The van der Waals surface area contributed by atoms with E-state index in [0.717, 1.165) is 40.1 Å². The van der Waals surface area contributed by atoms with Crippen molar-refractivity contribution in [3.8, 4) is 17.2 Å². The van der Waals surface area contributed by atoms with Gasteiger partial charge in [0.15, 0.2) is 0 Å². The fourth-order valence-corrected chi connectivity index (χ4v) is 3.07. The summed E-state index contributed by atoms with van der Waals surface area (Å²) in [5, 5.41) is 0. The molecule has 1 aliphatic rings. The maximum Gasteiger partial charge on any atom is 0.145 e. The number of hydrogen-bond donors (Lipinski definition) is 0. The highest BCUT2D eigenvalue weighted by atomic mass is 32.2. The third-order valence-corrected chi connectivity index (χ3v) is 4.34. The lowest BCUT2D eigenvalue weighted by atomic mass is 10.2. The molecule has 0 atom stereocenters. The monoisotopic (exact) mass is 286 g/mol. The average molecular weight is 286 g/mol. The molecule has 20 heavy (non-hydrogen) atoms. The van der Waals surface area contributed by atoms with Gasteiger partial charge in [-0.05, 0) is 30.7 Å². The number of benzene rings is 2. The van der Waals surface area contributed by atoms with Crippen LogP contribution in [0.1, 0.15) is 26.2 Å². The fourth-order valence-electron chi connectivity index (χ4n) is 2.14. The highest BCUT2D eigenvalue weighted by Gasteiger charge is 2.17. The summed E-state index contributed by atoms with van der Waals surface area (Å²) >= 11 is 1.74. The van der Waals surface area contributed by atoms with E-state index in [4.69, 9.17) is 9.47 Å². The van der Waals surface area contributed by atoms with Crippen molar-refractivity contribution in [2.24, 2.45) is 0 Å². The molecule has 0 aliphatic carbocycles. The van der Waals surface area contributed by atoms with Crippen molar-refractivity contribution < 1.29 is 9.47 Å². The van der Waals surface area contributed by atoms with Crippen LogP contribution in [0.3, 0.4) is 0 Å². The van der Waals surface area contributed by atoms with Crippen molar-refractivity contribution in [2.45, 2.75) is 36.0 Å². The standard InChI is InChI=1S/C17H18O2S/c1-2-3-6-11-18-13-9-10-17-15(12-13)19-14-7-4-5-8-16(14)20-17/h4-5,7-10,12H,2-3,6,11H2,1H3. The van der Waals surface area contributed by atoms with Gasteiger partial charge >= 0.3 is 0 Å². The van der Waals surface area contributed by atoms with Crippen LogP contribution < -0.4 is 9.47 Å². The van der Waals surface area contributed by atoms with Crippen molar-refractivity contribution in [1.82, 2.24) is 0 Å². The van der Waals surface area contributed by atoms with Gasteiger partial charge in [0.05, 0.1) is 16.4 Å². The SMILES string of the molecule is CCCCCOc1ccc2c(c1)Oc1ccccc1S2. The van der Waals surface area contributed by atoms with Crippen LogP contribution in [0.4, 0.5) is 0 Å². The quantitative estimate of drug-likeness (QED) is 0.576. The minimum absolute atomic E-state index is 0.774. The molecule has 3 heteroatoms. The molecule has 0 amide bonds. The molecular formula is C17H18O2S. The summed E-state index contributed by atoms with van der Waals surface area (Å²) in [6.07, 6.45) is 3.53. The smallest absolute Gasteiger partial charge is 0.145 e. The number of rotatable bonds is 5. The van der Waals surface area contributed by atoms with Crippen LogP contribution in [0.15, 0.2) is 52.3 Å². The van der Waals surface area contributed by atoms with Gasteiger partial charge in [0.2, 0.25) is 0 Å². The molecule has 1 heterocycles. The number of unbranched alkanes of at least 4 members (excludes halogenated alkanes) is 2. The van der Waals surface area contributed by atoms with Crippen molar-refractivity contribution in [1.29, 1.82) is 0 Å². The minimum atomic E-state index is 0.774. The first-order chi connectivity index (χ1) is 9.86. The van der Waals surface area contributed by atoms with Gasteiger partial charge in [-0.3, -0.25) is 0 Å². The van der Waals surface area contributed by atoms with Crippen molar-refractivity contribution in [2.75, 3.05) is 6.61 Å². The molecule has 0 spiro atoms. The van der Waals surface area contributed by atoms with Crippen LogP contribution in [-0.4, -0.2) is 6.61 Å². The number of hydrogen-bond acceptors (Lipinski definition) is 3. The first kappa shape index (κ1) is 13.4. The lowest BCUT2D eigenvalue weighted by molar-refractivity contribution is 0.304. The Morgan fingerprint density at radius 2 is 1.85 bits per heavy atom. The highest BCUT2D eigenvalue weighted by molar-refractivity contribution is 7.99. The van der Waals surface area contributed by atoms with Gasteiger partial charge in [0, 0.05) is 6.07 Å². The second-order valence-corrected chi connectivity index (χ2v) is 5.90. The summed E-state index contributed by atoms with van der Waals surface area (Å²) < 4.78 is 11.7. The Morgan fingerprint density at radius 1 is 1.00 bits per heavy atom. The Labute approximate surface area is 124 Å². The van der Waals surface area contributed by atoms with Gasteiger partial charge in [0.1, 0.15) is 17.2 Å². The zero-order valence-electron chi connectivity index (χ0n) is 11.6. The van der Waals surface area contributed by atoms with Gasteiger partial charge in [-0.2, -0.15) is 0 Å². The van der Waals surface area contributed by atoms with E-state index in [1.54, 1.807) is 11.8 Å². The summed E-state index contributed by atoms with van der Waals surface area (Å²) in [5.41, 5.74) is 0. The van der Waals surface area contributed by atoms with E-state index in [1.165, 1.54) is 12.8 Å². The van der Waals surface area contributed by atoms with E-state index in [-0.39, 0.29) is 0 Å². The predicted octanol–water partition coefficient (Wildman–Crippen LogP) is 5.51.